The van der Waals surface area contributed by atoms with E-state index in [-0.39, 0.29) is 6.04 Å². The Balaban J connectivity index is 1.89. The van der Waals surface area contributed by atoms with Crippen molar-refractivity contribution < 1.29 is 0 Å². The lowest BCUT2D eigenvalue weighted by Gasteiger charge is -2.17. The minimum atomic E-state index is 0.286. The lowest BCUT2D eigenvalue weighted by Crippen LogP contribution is -2.26. The summed E-state index contributed by atoms with van der Waals surface area (Å²) in [6.07, 6.45) is 3.13. The minimum absolute atomic E-state index is 0.286. The van der Waals surface area contributed by atoms with Crippen LogP contribution in [0.3, 0.4) is 0 Å². The fourth-order valence-electron chi connectivity index (χ4n) is 2.86. The van der Waals surface area contributed by atoms with Crippen molar-refractivity contribution in [3.05, 3.63) is 46.8 Å². The number of nitrogens with two attached hydrogens (primary N) is 1. The third kappa shape index (κ3) is 1.92. The van der Waals surface area contributed by atoms with Crippen LogP contribution in [-0.4, -0.2) is 16.2 Å². The zero-order valence-electron chi connectivity index (χ0n) is 11.0. The van der Waals surface area contributed by atoms with Crippen LogP contribution in [0.15, 0.2) is 36.4 Å². The first kappa shape index (κ1) is 12.0. The van der Waals surface area contributed by atoms with Gasteiger partial charge < -0.3 is 5.73 Å². The first-order chi connectivity index (χ1) is 9.81. The predicted octanol–water partition coefficient (Wildman–Crippen LogP) is 3.17. The highest BCUT2D eigenvalue weighted by Gasteiger charge is 2.21. The van der Waals surface area contributed by atoms with Crippen LogP contribution < -0.4 is 5.73 Å². The average molecular weight is 281 g/mol. The van der Waals surface area contributed by atoms with E-state index in [9.17, 15) is 0 Å². The van der Waals surface area contributed by atoms with E-state index in [4.69, 9.17) is 5.73 Å². The summed E-state index contributed by atoms with van der Waals surface area (Å²) in [6, 6.07) is 12.7. The van der Waals surface area contributed by atoms with Crippen LogP contribution in [0.2, 0.25) is 0 Å². The molecule has 0 bridgehead atoms. The quantitative estimate of drug-likeness (QED) is 0.745. The second-order valence-electron chi connectivity index (χ2n) is 5.32. The lowest BCUT2D eigenvalue weighted by molar-refractivity contribution is 0.585. The molecule has 1 atom stereocenters. The summed E-state index contributed by atoms with van der Waals surface area (Å²) in [5, 5.41) is 10.0. The summed E-state index contributed by atoms with van der Waals surface area (Å²) in [5.41, 5.74) is 9.57. The molecule has 2 aromatic heterocycles. The van der Waals surface area contributed by atoms with Crippen molar-refractivity contribution >= 4 is 21.6 Å². The van der Waals surface area contributed by atoms with Crippen molar-refractivity contribution in [2.75, 3.05) is 0 Å². The summed E-state index contributed by atoms with van der Waals surface area (Å²) in [4.78, 5) is 2.49. The summed E-state index contributed by atoms with van der Waals surface area (Å²) in [5.74, 6) is 0. The summed E-state index contributed by atoms with van der Waals surface area (Å²) < 4.78 is 0. The molecule has 0 aliphatic heterocycles. The van der Waals surface area contributed by atoms with Gasteiger partial charge in [0.05, 0.1) is 5.69 Å². The fraction of sp³-hybridized carbons (Fsp3) is 0.250. The number of benzene rings is 1. The standard InChI is InChI=1S/C16H15N3S/c17-11-6-7-15-12(8-11)13-9-14(18-19-16(13)20-15)10-4-2-1-3-5-10/h1-5,9,11H,6-8,17H2/t11-/m1/s1. The molecule has 0 saturated carbocycles. The zero-order chi connectivity index (χ0) is 13.5. The van der Waals surface area contributed by atoms with Gasteiger partial charge in [0.1, 0.15) is 4.83 Å². The van der Waals surface area contributed by atoms with Gasteiger partial charge in [0, 0.05) is 21.9 Å². The molecule has 0 amide bonds. The minimum Gasteiger partial charge on any atom is -0.327 e. The maximum absolute atomic E-state index is 6.12. The van der Waals surface area contributed by atoms with Crippen LogP contribution in [0.1, 0.15) is 16.9 Å². The molecule has 1 aromatic carbocycles. The molecule has 0 saturated heterocycles. The van der Waals surface area contributed by atoms with Crippen LogP contribution >= 0.6 is 11.3 Å². The van der Waals surface area contributed by atoms with Gasteiger partial charge in [0.2, 0.25) is 0 Å². The topological polar surface area (TPSA) is 51.8 Å². The van der Waals surface area contributed by atoms with Crippen LogP contribution in [0.4, 0.5) is 0 Å². The number of fused-ring (bicyclic) bond motifs is 3. The molecule has 100 valence electrons. The van der Waals surface area contributed by atoms with E-state index in [0.29, 0.717) is 0 Å². The van der Waals surface area contributed by atoms with E-state index >= 15 is 0 Å². The molecule has 3 nitrogen and oxygen atoms in total. The van der Waals surface area contributed by atoms with Gasteiger partial charge in [-0.25, -0.2) is 0 Å². The van der Waals surface area contributed by atoms with Gasteiger partial charge in [-0.2, -0.15) is 0 Å². The molecule has 4 rings (SSSR count). The predicted molar refractivity (Wildman–Crippen MR) is 82.9 cm³/mol. The van der Waals surface area contributed by atoms with Crippen LogP contribution in [0, 0.1) is 0 Å². The molecule has 0 unspecified atom stereocenters. The molecule has 1 aliphatic carbocycles. The number of thiophene rings is 1. The van der Waals surface area contributed by atoms with Gasteiger partial charge in [-0.15, -0.1) is 21.5 Å². The number of aromatic nitrogens is 2. The maximum atomic E-state index is 6.12. The molecule has 4 heteroatoms. The zero-order valence-corrected chi connectivity index (χ0v) is 11.9. The average Bonchev–Trinajstić information content (AvgIpc) is 2.85. The van der Waals surface area contributed by atoms with Crippen LogP contribution in [0.25, 0.3) is 21.5 Å². The Labute approximate surface area is 121 Å². The van der Waals surface area contributed by atoms with Crippen molar-refractivity contribution in [3.8, 4) is 11.3 Å². The Morgan fingerprint density at radius 1 is 1.15 bits per heavy atom. The van der Waals surface area contributed by atoms with Crippen molar-refractivity contribution in [2.24, 2.45) is 5.73 Å². The summed E-state index contributed by atoms with van der Waals surface area (Å²) in [7, 11) is 0. The molecule has 3 aromatic rings. The van der Waals surface area contributed by atoms with Gasteiger partial charge in [-0.05, 0) is 30.9 Å². The third-order valence-corrected chi connectivity index (χ3v) is 5.11. The molecule has 0 radical (unpaired) electrons. The summed E-state index contributed by atoms with van der Waals surface area (Å²) >= 11 is 1.78. The second kappa shape index (κ2) is 4.65. The number of rotatable bonds is 1. The highest BCUT2D eigenvalue weighted by Crippen LogP contribution is 2.36. The fourth-order valence-corrected chi connectivity index (χ4v) is 4.00. The second-order valence-corrected chi connectivity index (χ2v) is 6.40. The maximum Gasteiger partial charge on any atom is 0.146 e. The van der Waals surface area contributed by atoms with Gasteiger partial charge in [0.25, 0.3) is 0 Å². The van der Waals surface area contributed by atoms with Crippen LogP contribution in [0.5, 0.6) is 0 Å². The van der Waals surface area contributed by atoms with Gasteiger partial charge in [-0.3, -0.25) is 0 Å². The molecule has 0 spiro atoms. The van der Waals surface area contributed by atoms with E-state index < -0.39 is 0 Å². The smallest absolute Gasteiger partial charge is 0.146 e. The SMILES string of the molecule is N[C@@H]1CCc2sc3nnc(-c4ccccc4)cc3c2C1. The Bertz CT molecular complexity index is 764. The molecular formula is C16H15N3S. The van der Waals surface area contributed by atoms with Crippen LogP contribution in [-0.2, 0) is 12.8 Å². The molecule has 20 heavy (non-hydrogen) atoms. The van der Waals surface area contributed by atoms with Crippen molar-refractivity contribution in [2.45, 2.75) is 25.3 Å². The Hall–Kier alpha value is -1.78. The van der Waals surface area contributed by atoms with Crippen molar-refractivity contribution in [3.63, 3.8) is 0 Å². The first-order valence-corrected chi connectivity index (χ1v) is 7.72. The summed E-state index contributed by atoms with van der Waals surface area (Å²) in [6.45, 7) is 0. The monoisotopic (exact) mass is 281 g/mol. The Morgan fingerprint density at radius 2 is 2.00 bits per heavy atom. The number of nitrogens with zero attached hydrogens (tertiary/aromatic N) is 2. The number of hydrogen-bond donors (Lipinski definition) is 1. The number of hydrogen-bond acceptors (Lipinski definition) is 4. The Morgan fingerprint density at radius 3 is 2.85 bits per heavy atom. The molecule has 1 aliphatic rings. The van der Waals surface area contributed by atoms with E-state index in [1.807, 2.05) is 18.2 Å². The molecule has 0 fully saturated rings. The van der Waals surface area contributed by atoms with E-state index in [1.165, 1.54) is 15.8 Å². The largest absolute Gasteiger partial charge is 0.327 e. The number of aryl methyl sites for hydroxylation is 1. The molecular weight excluding hydrogens is 266 g/mol. The van der Waals surface area contributed by atoms with Crippen molar-refractivity contribution in [1.82, 2.24) is 10.2 Å². The van der Waals surface area contributed by atoms with E-state index in [1.54, 1.807) is 11.3 Å². The van der Waals surface area contributed by atoms with E-state index in [0.717, 1.165) is 35.4 Å². The highest BCUT2D eigenvalue weighted by molar-refractivity contribution is 7.18. The first-order valence-electron chi connectivity index (χ1n) is 6.90. The molecule has 2 N–H and O–H groups in total. The van der Waals surface area contributed by atoms with Gasteiger partial charge in [-0.1, -0.05) is 30.3 Å². The van der Waals surface area contributed by atoms with Crippen molar-refractivity contribution in [1.29, 1.82) is 0 Å². The normalized spacial score (nSPS) is 18.1. The van der Waals surface area contributed by atoms with Gasteiger partial charge in [0.15, 0.2) is 0 Å². The molecule has 2 heterocycles. The lowest BCUT2D eigenvalue weighted by atomic mass is 9.93. The highest BCUT2D eigenvalue weighted by atomic mass is 32.1. The van der Waals surface area contributed by atoms with Gasteiger partial charge >= 0.3 is 0 Å². The van der Waals surface area contributed by atoms with E-state index in [2.05, 4.69) is 28.4 Å². The third-order valence-electron chi connectivity index (χ3n) is 3.92. The Kier molecular flexibility index (Phi) is 2.79.